The monoisotopic (exact) mass is 720 g/mol. The van der Waals surface area contributed by atoms with Gasteiger partial charge in [0.05, 0.1) is 5.71 Å². The van der Waals surface area contributed by atoms with Crippen LogP contribution in [0.4, 0.5) is 11.4 Å². The summed E-state index contributed by atoms with van der Waals surface area (Å²) < 4.78 is 0. The Bertz CT molecular complexity index is 1830. The molecule has 0 bridgehead atoms. The number of phenols is 1. The summed E-state index contributed by atoms with van der Waals surface area (Å²) >= 11 is 0. The number of imide groups is 1. The zero-order chi connectivity index (χ0) is 38.1. The maximum Gasteiger partial charge on any atom is 0.261 e. The minimum Gasteiger partial charge on any atom is -0.507 e. The molecule has 2 aliphatic heterocycles. The number of piperidine rings is 2. The van der Waals surface area contributed by atoms with E-state index in [0.29, 0.717) is 42.0 Å². The molecule has 7 N–H and O–H groups in total. The topological polar surface area (TPSA) is 179 Å². The molecule has 0 aliphatic carbocycles. The third-order valence-corrected chi connectivity index (χ3v) is 10.5. The molecule has 5 rings (SSSR count). The number of allylic oxidation sites excluding steroid dienone is 1. The predicted octanol–water partition coefficient (Wildman–Crippen LogP) is 5.15. The van der Waals surface area contributed by atoms with Gasteiger partial charge in [0.15, 0.2) is 0 Å². The first-order valence-electron chi connectivity index (χ1n) is 18.4. The van der Waals surface area contributed by atoms with E-state index in [9.17, 15) is 19.5 Å². The maximum absolute atomic E-state index is 13.5. The molecule has 0 radical (unpaired) electrons. The fraction of sp³-hybridized carbons (Fsp3) is 0.390. The van der Waals surface area contributed by atoms with Gasteiger partial charge in [0.25, 0.3) is 5.91 Å². The summed E-state index contributed by atoms with van der Waals surface area (Å²) in [6.07, 6.45) is 7.10. The van der Waals surface area contributed by atoms with Crippen LogP contribution >= 0.6 is 0 Å². The van der Waals surface area contributed by atoms with Gasteiger partial charge in [-0.25, -0.2) is 0 Å². The summed E-state index contributed by atoms with van der Waals surface area (Å²) in [4.78, 5) is 44.0. The zero-order valence-electron chi connectivity index (χ0n) is 30.9. The Kier molecular flexibility index (Phi) is 13.0. The van der Waals surface area contributed by atoms with Crippen LogP contribution in [0.15, 0.2) is 72.8 Å². The number of nitrogens with zero attached hydrogens (tertiary/aromatic N) is 3. The Labute approximate surface area is 312 Å². The highest BCUT2D eigenvalue weighted by atomic mass is 16.3. The van der Waals surface area contributed by atoms with Crippen molar-refractivity contribution in [1.29, 1.82) is 10.8 Å². The van der Waals surface area contributed by atoms with Crippen molar-refractivity contribution in [2.75, 3.05) is 43.4 Å². The maximum atomic E-state index is 13.5. The van der Waals surface area contributed by atoms with Crippen LogP contribution in [-0.4, -0.2) is 96.0 Å². The van der Waals surface area contributed by atoms with Gasteiger partial charge in [-0.2, -0.15) is 0 Å². The molecular formula is C41H52N8O4. The molecule has 1 unspecified atom stereocenters. The second kappa shape index (κ2) is 17.8. The van der Waals surface area contributed by atoms with Crippen LogP contribution in [0, 0.1) is 17.7 Å². The standard InChI is InChI=1S/C41H52N8O4/c1-4-8-37(40(52)45-3)49(26-50)41(53)32-10-7-11-36(27(32)2)46-29-17-21-47(22-18-29)31-19-23-48(24-20-31)30-15-13-28(14-16-30)34(39(43)44)25-35(42)33-9-5-6-12-38(33)51/h5-7,9-16,25-26,29,31,37,42,46,51H,4,8,17-24H2,1-3H3,(H3,43,44)(H,45,52)/b34-25-,42-35?. The molecule has 0 saturated carbocycles. The number of carbonyl (C=O) groups excluding carboxylic acids is 3. The number of anilines is 2. The Morgan fingerprint density at radius 1 is 0.962 bits per heavy atom. The van der Waals surface area contributed by atoms with E-state index in [1.807, 2.05) is 50.2 Å². The molecule has 53 heavy (non-hydrogen) atoms. The number of phenolic OH excluding ortho intramolecular Hbond substituents is 1. The third-order valence-electron chi connectivity index (χ3n) is 10.5. The lowest BCUT2D eigenvalue weighted by atomic mass is 9.96. The summed E-state index contributed by atoms with van der Waals surface area (Å²) in [6.45, 7) is 7.63. The van der Waals surface area contributed by atoms with Gasteiger partial charge in [0.2, 0.25) is 12.3 Å². The highest BCUT2D eigenvalue weighted by Gasteiger charge is 2.31. The largest absolute Gasteiger partial charge is 0.507 e. The number of benzene rings is 3. The lowest BCUT2D eigenvalue weighted by Crippen LogP contribution is -2.49. The number of para-hydroxylation sites is 1. The highest BCUT2D eigenvalue weighted by molar-refractivity contribution is 6.27. The average Bonchev–Trinajstić information content (AvgIpc) is 3.17. The number of hydrogen-bond donors (Lipinski definition) is 6. The smallest absolute Gasteiger partial charge is 0.261 e. The fourth-order valence-corrected chi connectivity index (χ4v) is 7.47. The van der Waals surface area contributed by atoms with Crippen LogP contribution in [0.5, 0.6) is 5.75 Å². The van der Waals surface area contributed by atoms with Crippen molar-refractivity contribution in [3.8, 4) is 5.75 Å². The minimum absolute atomic E-state index is 0.00783. The Balaban J connectivity index is 1.14. The van der Waals surface area contributed by atoms with Crippen molar-refractivity contribution in [2.24, 2.45) is 5.73 Å². The molecule has 0 spiro atoms. The molecule has 2 fully saturated rings. The number of amidine groups is 1. The molecule has 0 aromatic heterocycles. The number of hydrogen-bond acceptors (Lipinski definition) is 9. The SMILES string of the molecule is CCCC(C(=O)NC)N(C=O)C(=O)c1cccc(NC2CCN(C3CCN(c4ccc(/C(=C/C(=N)c5ccccc5O)C(=N)N)cc4)CC3)CC2)c1C. The number of carbonyl (C=O) groups is 3. The van der Waals surface area contributed by atoms with E-state index in [-0.39, 0.29) is 29.2 Å². The fourth-order valence-electron chi connectivity index (χ4n) is 7.47. The van der Waals surface area contributed by atoms with Crippen LogP contribution in [0.1, 0.15) is 72.5 Å². The number of nitrogens with one attached hydrogen (secondary N) is 4. The first kappa shape index (κ1) is 38.7. The van der Waals surface area contributed by atoms with E-state index in [0.717, 1.165) is 79.3 Å². The summed E-state index contributed by atoms with van der Waals surface area (Å²) in [6, 6.07) is 20.0. The molecule has 2 heterocycles. The number of rotatable bonds is 14. The molecule has 280 valence electrons. The molecule has 3 aromatic carbocycles. The molecule has 12 heteroatoms. The molecule has 12 nitrogen and oxygen atoms in total. The van der Waals surface area contributed by atoms with Gasteiger partial charge in [-0.3, -0.25) is 24.7 Å². The van der Waals surface area contributed by atoms with Gasteiger partial charge in [0, 0.05) is 73.4 Å². The second-order valence-electron chi connectivity index (χ2n) is 13.8. The Hall–Kier alpha value is -5.49. The summed E-state index contributed by atoms with van der Waals surface area (Å²) in [5, 5.41) is 33.0. The quantitative estimate of drug-likeness (QED) is 0.0753. The van der Waals surface area contributed by atoms with Crippen LogP contribution < -0.4 is 21.3 Å². The number of aromatic hydroxyl groups is 1. The second-order valence-corrected chi connectivity index (χ2v) is 13.8. The van der Waals surface area contributed by atoms with Crippen molar-refractivity contribution in [1.82, 2.24) is 15.1 Å². The van der Waals surface area contributed by atoms with E-state index in [1.54, 1.807) is 24.3 Å². The molecule has 3 aromatic rings. The number of amides is 3. The van der Waals surface area contributed by atoms with Crippen LogP contribution in [-0.2, 0) is 9.59 Å². The van der Waals surface area contributed by atoms with Gasteiger partial charge in [0.1, 0.15) is 17.6 Å². The number of likely N-dealkylation sites (tertiary alicyclic amines) is 1. The molecule has 3 amide bonds. The van der Waals surface area contributed by atoms with Crippen molar-refractivity contribution in [3.63, 3.8) is 0 Å². The highest BCUT2D eigenvalue weighted by Crippen LogP contribution is 2.29. The van der Waals surface area contributed by atoms with Crippen molar-refractivity contribution in [3.05, 3.63) is 95.1 Å². The Morgan fingerprint density at radius 3 is 2.23 bits per heavy atom. The van der Waals surface area contributed by atoms with Gasteiger partial charge in [-0.15, -0.1) is 0 Å². The first-order valence-corrected chi connectivity index (χ1v) is 18.4. The van der Waals surface area contributed by atoms with Gasteiger partial charge in [-0.05, 0) is 92.6 Å². The third kappa shape index (κ3) is 9.12. The number of likely N-dealkylation sites (N-methyl/N-ethyl adjacent to an activating group) is 1. The number of nitrogens with two attached hydrogens (primary N) is 1. The van der Waals surface area contributed by atoms with Gasteiger partial charge in [-0.1, -0.05) is 43.7 Å². The van der Waals surface area contributed by atoms with E-state index < -0.39 is 11.9 Å². The van der Waals surface area contributed by atoms with Crippen molar-refractivity contribution >= 4 is 46.7 Å². The van der Waals surface area contributed by atoms with Crippen LogP contribution in [0.2, 0.25) is 0 Å². The minimum atomic E-state index is -0.851. The lowest BCUT2D eigenvalue weighted by molar-refractivity contribution is -0.130. The zero-order valence-corrected chi connectivity index (χ0v) is 30.9. The van der Waals surface area contributed by atoms with Crippen LogP contribution in [0.25, 0.3) is 5.57 Å². The van der Waals surface area contributed by atoms with Crippen LogP contribution in [0.3, 0.4) is 0 Å². The molecular weight excluding hydrogens is 669 g/mol. The normalized spacial score (nSPS) is 16.4. The lowest BCUT2D eigenvalue weighted by Gasteiger charge is -2.42. The predicted molar refractivity (Wildman–Crippen MR) is 211 cm³/mol. The summed E-state index contributed by atoms with van der Waals surface area (Å²) in [5.74, 6) is -0.962. The average molecular weight is 721 g/mol. The first-order chi connectivity index (χ1) is 25.6. The van der Waals surface area contributed by atoms with Gasteiger partial charge < -0.3 is 36.7 Å². The molecule has 1 atom stereocenters. The van der Waals surface area contributed by atoms with E-state index >= 15 is 0 Å². The summed E-state index contributed by atoms with van der Waals surface area (Å²) in [5.41, 5.74) is 10.7. The Morgan fingerprint density at radius 2 is 1.62 bits per heavy atom. The van der Waals surface area contributed by atoms with E-state index in [1.165, 1.54) is 19.2 Å². The summed E-state index contributed by atoms with van der Waals surface area (Å²) in [7, 11) is 1.51. The van der Waals surface area contributed by atoms with Crippen molar-refractivity contribution in [2.45, 2.75) is 70.5 Å². The van der Waals surface area contributed by atoms with Gasteiger partial charge >= 0.3 is 0 Å². The van der Waals surface area contributed by atoms with Crippen molar-refractivity contribution < 1.29 is 19.5 Å². The van der Waals surface area contributed by atoms with E-state index in [4.69, 9.17) is 16.6 Å². The molecule has 2 aliphatic rings. The van der Waals surface area contributed by atoms with E-state index in [2.05, 4.69) is 20.4 Å². The molecule has 2 saturated heterocycles.